The van der Waals surface area contributed by atoms with E-state index in [2.05, 4.69) is 16.0 Å². The Morgan fingerprint density at radius 3 is 2.88 bits per heavy atom. The molecule has 1 aromatic rings. The topological polar surface area (TPSA) is 65.9 Å². The summed E-state index contributed by atoms with van der Waals surface area (Å²) in [4.78, 5) is 6.52. The highest BCUT2D eigenvalue weighted by atomic mass is 15.3. The Kier molecular flexibility index (Phi) is 1.92. The molecule has 1 saturated carbocycles. The maximum absolute atomic E-state index is 8.82. The first-order valence-corrected chi connectivity index (χ1v) is 5.57. The lowest BCUT2D eigenvalue weighted by atomic mass is 9.61. The van der Waals surface area contributed by atoms with E-state index in [9.17, 15) is 0 Å². The Morgan fingerprint density at radius 2 is 2.25 bits per heavy atom. The third kappa shape index (κ3) is 1.36. The number of hydrogen-bond acceptors (Lipinski definition) is 4. The molecular weight excluding hydrogens is 200 g/mol. The molecule has 0 bridgehead atoms. The van der Waals surface area contributed by atoms with Gasteiger partial charge in [-0.05, 0) is 25.0 Å². The number of nitrogens with zero attached hydrogens (tertiary/aromatic N) is 3. The van der Waals surface area contributed by atoms with Crippen molar-refractivity contribution in [3.63, 3.8) is 0 Å². The van der Waals surface area contributed by atoms with Gasteiger partial charge in [0.05, 0.1) is 11.6 Å². The summed E-state index contributed by atoms with van der Waals surface area (Å²) in [6, 6.07) is 6.13. The first-order valence-electron chi connectivity index (χ1n) is 5.57. The van der Waals surface area contributed by atoms with Crippen LogP contribution in [0.25, 0.3) is 0 Å². The predicted molar refractivity (Wildman–Crippen MR) is 60.8 cm³/mol. The Bertz CT molecular complexity index is 448. The van der Waals surface area contributed by atoms with Crippen LogP contribution in [0, 0.1) is 16.7 Å². The second-order valence-electron chi connectivity index (χ2n) is 5.04. The molecule has 1 saturated heterocycles. The van der Waals surface area contributed by atoms with E-state index < -0.39 is 0 Å². The monoisotopic (exact) mass is 214 g/mol. The van der Waals surface area contributed by atoms with Crippen molar-refractivity contribution in [2.45, 2.75) is 18.9 Å². The summed E-state index contributed by atoms with van der Waals surface area (Å²) in [5.74, 6) is 0.921. The number of aromatic nitrogens is 1. The van der Waals surface area contributed by atoms with Crippen LogP contribution in [0.4, 0.5) is 5.82 Å². The van der Waals surface area contributed by atoms with E-state index in [-0.39, 0.29) is 0 Å². The van der Waals surface area contributed by atoms with Gasteiger partial charge in [0.2, 0.25) is 0 Å². The summed E-state index contributed by atoms with van der Waals surface area (Å²) < 4.78 is 0. The lowest BCUT2D eigenvalue weighted by molar-refractivity contribution is 0.0658. The predicted octanol–water partition coefficient (Wildman–Crippen LogP) is 0.881. The molecule has 2 fully saturated rings. The molecule has 2 heterocycles. The fourth-order valence-corrected chi connectivity index (χ4v) is 2.90. The van der Waals surface area contributed by atoms with E-state index in [1.54, 1.807) is 12.3 Å². The van der Waals surface area contributed by atoms with Crippen LogP contribution in [0.3, 0.4) is 0 Å². The minimum absolute atomic E-state index is 0.403. The lowest BCUT2D eigenvalue weighted by Crippen LogP contribution is -2.65. The zero-order chi connectivity index (χ0) is 11.2. The molecule has 0 atom stereocenters. The van der Waals surface area contributed by atoms with Gasteiger partial charge in [-0.25, -0.2) is 4.98 Å². The third-order valence-corrected chi connectivity index (χ3v) is 3.64. The molecule has 1 aliphatic carbocycles. The van der Waals surface area contributed by atoms with E-state index in [1.165, 1.54) is 0 Å². The Hall–Kier alpha value is -1.60. The molecule has 0 aromatic carbocycles. The smallest absolute Gasteiger partial charge is 0.129 e. The van der Waals surface area contributed by atoms with Gasteiger partial charge in [-0.1, -0.05) is 0 Å². The highest BCUT2D eigenvalue weighted by molar-refractivity contribution is 5.48. The van der Waals surface area contributed by atoms with Gasteiger partial charge in [-0.2, -0.15) is 5.26 Å². The zero-order valence-electron chi connectivity index (χ0n) is 9.06. The lowest BCUT2D eigenvalue weighted by Gasteiger charge is -2.58. The number of anilines is 1. The van der Waals surface area contributed by atoms with Gasteiger partial charge in [0.25, 0.3) is 0 Å². The minimum atomic E-state index is 0.403. The molecule has 1 spiro atoms. The van der Waals surface area contributed by atoms with Crippen LogP contribution in [0.15, 0.2) is 18.3 Å². The minimum Gasteiger partial charge on any atom is -0.355 e. The Balaban J connectivity index is 1.70. The van der Waals surface area contributed by atoms with Crippen molar-refractivity contribution in [2.24, 2.45) is 11.1 Å². The molecule has 3 rings (SSSR count). The van der Waals surface area contributed by atoms with Crippen molar-refractivity contribution in [3.05, 3.63) is 23.9 Å². The van der Waals surface area contributed by atoms with E-state index in [0.29, 0.717) is 17.0 Å². The molecule has 82 valence electrons. The van der Waals surface area contributed by atoms with Gasteiger partial charge < -0.3 is 10.6 Å². The zero-order valence-corrected chi connectivity index (χ0v) is 9.06. The first-order chi connectivity index (χ1) is 7.71. The maximum Gasteiger partial charge on any atom is 0.129 e. The Morgan fingerprint density at radius 1 is 1.50 bits per heavy atom. The van der Waals surface area contributed by atoms with Crippen LogP contribution < -0.4 is 10.6 Å². The summed E-state index contributed by atoms with van der Waals surface area (Å²) in [5.41, 5.74) is 6.96. The molecule has 4 heteroatoms. The van der Waals surface area contributed by atoms with Crippen LogP contribution in [-0.4, -0.2) is 24.1 Å². The highest BCUT2D eigenvalue weighted by Gasteiger charge is 2.51. The molecule has 1 aliphatic heterocycles. The van der Waals surface area contributed by atoms with Gasteiger partial charge in [0.1, 0.15) is 5.82 Å². The normalized spacial score (nSPS) is 22.4. The van der Waals surface area contributed by atoms with Crippen LogP contribution in [0.1, 0.15) is 18.4 Å². The van der Waals surface area contributed by atoms with Crippen molar-refractivity contribution in [1.29, 1.82) is 5.26 Å². The highest BCUT2D eigenvalue weighted by Crippen LogP contribution is 2.48. The van der Waals surface area contributed by atoms with Crippen LogP contribution >= 0.6 is 0 Å². The molecule has 2 aliphatic rings. The standard InChI is InChI=1S/C12H14N4/c13-6-9-1-2-15-11(3-9)16-7-12(8-16)4-10(14)5-12/h1-3,10H,4-5,7-8,14H2. The molecule has 1 aromatic heterocycles. The van der Waals surface area contributed by atoms with Crippen LogP contribution in [0.5, 0.6) is 0 Å². The van der Waals surface area contributed by atoms with Crippen molar-refractivity contribution in [2.75, 3.05) is 18.0 Å². The second-order valence-corrected chi connectivity index (χ2v) is 5.04. The molecule has 16 heavy (non-hydrogen) atoms. The van der Waals surface area contributed by atoms with Crippen molar-refractivity contribution >= 4 is 5.82 Å². The largest absolute Gasteiger partial charge is 0.355 e. The van der Waals surface area contributed by atoms with Crippen molar-refractivity contribution < 1.29 is 0 Å². The number of hydrogen-bond donors (Lipinski definition) is 1. The van der Waals surface area contributed by atoms with Gasteiger partial charge in [-0.3, -0.25) is 0 Å². The number of pyridine rings is 1. The van der Waals surface area contributed by atoms with Crippen LogP contribution in [-0.2, 0) is 0 Å². The number of nitriles is 1. The molecular formula is C12H14N4. The summed E-state index contributed by atoms with van der Waals surface area (Å²) in [6.07, 6.45) is 3.98. The van der Waals surface area contributed by atoms with Gasteiger partial charge >= 0.3 is 0 Å². The van der Waals surface area contributed by atoms with E-state index in [1.807, 2.05) is 6.07 Å². The number of nitrogens with two attached hydrogens (primary N) is 1. The average Bonchev–Trinajstić information content (AvgIpc) is 2.21. The average molecular weight is 214 g/mol. The number of rotatable bonds is 1. The van der Waals surface area contributed by atoms with E-state index >= 15 is 0 Å². The molecule has 4 nitrogen and oxygen atoms in total. The first kappa shape index (κ1) is 9.61. The van der Waals surface area contributed by atoms with Gasteiger partial charge in [0.15, 0.2) is 0 Å². The van der Waals surface area contributed by atoms with Gasteiger partial charge in [-0.15, -0.1) is 0 Å². The fraction of sp³-hybridized carbons (Fsp3) is 0.500. The quantitative estimate of drug-likeness (QED) is 0.753. The summed E-state index contributed by atoms with van der Waals surface area (Å²) in [5, 5.41) is 8.82. The third-order valence-electron chi connectivity index (χ3n) is 3.64. The van der Waals surface area contributed by atoms with Gasteiger partial charge in [0, 0.05) is 30.7 Å². The van der Waals surface area contributed by atoms with E-state index in [4.69, 9.17) is 11.0 Å². The summed E-state index contributed by atoms with van der Waals surface area (Å²) >= 11 is 0. The van der Waals surface area contributed by atoms with Crippen molar-refractivity contribution in [1.82, 2.24) is 4.98 Å². The molecule has 0 unspecified atom stereocenters. The summed E-state index contributed by atoms with van der Waals surface area (Å²) in [7, 11) is 0. The van der Waals surface area contributed by atoms with Crippen molar-refractivity contribution in [3.8, 4) is 6.07 Å². The molecule has 2 N–H and O–H groups in total. The maximum atomic E-state index is 8.82. The van der Waals surface area contributed by atoms with Crippen LogP contribution in [0.2, 0.25) is 0 Å². The van der Waals surface area contributed by atoms with E-state index in [0.717, 1.165) is 31.7 Å². The molecule has 0 amide bonds. The molecule has 0 radical (unpaired) electrons. The Labute approximate surface area is 94.7 Å². The SMILES string of the molecule is N#Cc1ccnc(N2CC3(CC(N)C3)C2)c1. The fourth-order valence-electron chi connectivity index (χ4n) is 2.90. The summed E-state index contributed by atoms with van der Waals surface area (Å²) in [6.45, 7) is 2.09. The second kappa shape index (κ2) is 3.19.